The average Bonchev–Trinajstić information content (AvgIpc) is 3.21. The lowest BCUT2D eigenvalue weighted by atomic mass is 10.1. The maximum absolute atomic E-state index is 12.8. The highest BCUT2D eigenvalue weighted by atomic mass is 35.5. The maximum atomic E-state index is 12.8. The van der Waals surface area contributed by atoms with Gasteiger partial charge >= 0.3 is 0 Å². The Morgan fingerprint density at radius 3 is 2.96 bits per heavy atom. The average molecular weight is 396 g/mol. The molecule has 0 N–H and O–H groups in total. The van der Waals surface area contributed by atoms with Crippen molar-refractivity contribution in [3.63, 3.8) is 0 Å². The van der Waals surface area contributed by atoms with Gasteiger partial charge in [0.25, 0.3) is 5.91 Å². The summed E-state index contributed by atoms with van der Waals surface area (Å²) in [6.45, 7) is 4.45. The van der Waals surface area contributed by atoms with Crippen molar-refractivity contribution >= 4 is 29.1 Å². The van der Waals surface area contributed by atoms with Crippen LogP contribution in [0, 0.1) is 5.92 Å². The summed E-state index contributed by atoms with van der Waals surface area (Å²) in [5.41, 5.74) is 1.52. The van der Waals surface area contributed by atoms with Crippen molar-refractivity contribution in [2.24, 2.45) is 5.92 Å². The van der Waals surface area contributed by atoms with Gasteiger partial charge in [0, 0.05) is 50.4 Å². The number of fused-ring (bicyclic) bond motifs is 1. The molecule has 2 fully saturated rings. The van der Waals surface area contributed by atoms with Crippen LogP contribution in [0.25, 0.3) is 0 Å². The minimum atomic E-state index is -0.128. The molecule has 26 heavy (non-hydrogen) atoms. The number of carbonyl (C=O) groups excluding carboxylic acids is 1. The second-order valence-electron chi connectivity index (χ2n) is 6.73. The number of amides is 1. The largest absolute Gasteiger partial charge is 0.472 e. The van der Waals surface area contributed by atoms with Crippen LogP contribution >= 0.6 is 23.2 Å². The van der Waals surface area contributed by atoms with E-state index in [0.29, 0.717) is 30.3 Å². The van der Waals surface area contributed by atoms with E-state index in [1.54, 1.807) is 17.4 Å². The molecule has 4 heterocycles. The number of pyridine rings is 1. The standard InChI is InChI=1S/C18H19Cl2N3O3/c19-15-5-17(20)21-6-14(15)18(24)23-9-13-8-22(2-4-26-16(13)10-23)7-12-1-3-25-11-12/h1,3,5-6,11,13,16H,2,4,7-10H2/t13-,16+/m0/s1. The topological polar surface area (TPSA) is 58.8 Å². The maximum Gasteiger partial charge on any atom is 0.257 e. The molecule has 0 radical (unpaired) electrons. The number of halogens is 2. The monoisotopic (exact) mass is 395 g/mol. The van der Waals surface area contributed by atoms with Gasteiger partial charge < -0.3 is 14.1 Å². The van der Waals surface area contributed by atoms with Crippen LogP contribution in [0.2, 0.25) is 10.2 Å². The molecule has 0 saturated carbocycles. The normalized spacial score (nSPS) is 23.7. The first kappa shape index (κ1) is 17.8. The molecule has 1 amide bonds. The molecule has 2 aromatic rings. The highest BCUT2D eigenvalue weighted by Crippen LogP contribution is 2.28. The quantitative estimate of drug-likeness (QED) is 0.747. The molecule has 0 unspecified atom stereocenters. The predicted octanol–water partition coefficient (Wildman–Crippen LogP) is 2.95. The first-order valence-electron chi connectivity index (χ1n) is 8.55. The van der Waals surface area contributed by atoms with E-state index in [1.807, 2.05) is 6.07 Å². The summed E-state index contributed by atoms with van der Waals surface area (Å²) in [5.74, 6) is 0.143. The smallest absolute Gasteiger partial charge is 0.257 e. The molecule has 2 atom stereocenters. The number of furan rings is 1. The highest BCUT2D eigenvalue weighted by molar-refractivity contribution is 6.36. The fraction of sp³-hybridized carbons (Fsp3) is 0.444. The Morgan fingerprint density at radius 2 is 2.19 bits per heavy atom. The molecule has 0 bridgehead atoms. The number of aromatic nitrogens is 1. The van der Waals surface area contributed by atoms with Crippen LogP contribution < -0.4 is 0 Å². The summed E-state index contributed by atoms with van der Waals surface area (Å²) in [4.78, 5) is 20.9. The van der Waals surface area contributed by atoms with Crippen molar-refractivity contribution in [2.75, 3.05) is 32.8 Å². The molecule has 0 spiro atoms. The van der Waals surface area contributed by atoms with E-state index < -0.39 is 0 Å². The van der Waals surface area contributed by atoms with Crippen LogP contribution in [0.4, 0.5) is 0 Å². The van der Waals surface area contributed by atoms with Gasteiger partial charge in [0.05, 0.1) is 35.8 Å². The minimum Gasteiger partial charge on any atom is -0.472 e. The van der Waals surface area contributed by atoms with Crippen molar-refractivity contribution < 1.29 is 13.9 Å². The van der Waals surface area contributed by atoms with Crippen LogP contribution in [-0.2, 0) is 11.3 Å². The zero-order chi connectivity index (χ0) is 18.1. The van der Waals surface area contributed by atoms with E-state index in [1.165, 1.54) is 12.3 Å². The third-order valence-corrected chi connectivity index (χ3v) is 5.46. The van der Waals surface area contributed by atoms with Gasteiger partial charge in [-0.15, -0.1) is 0 Å². The summed E-state index contributed by atoms with van der Waals surface area (Å²) in [7, 11) is 0. The first-order valence-corrected chi connectivity index (χ1v) is 9.31. The molecule has 138 valence electrons. The third-order valence-electron chi connectivity index (χ3n) is 4.94. The summed E-state index contributed by atoms with van der Waals surface area (Å²) < 4.78 is 11.2. The Morgan fingerprint density at radius 1 is 1.31 bits per heavy atom. The van der Waals surface area contributed by atoms with Crippen molar-refractivity contribution in [1.29, 1.82) is 0 Å². The van der Waals surface area contributed by atoms with Gasteiger partial charge in [-0.1, -0.05) is 23.2 Å². The molecule has 2 aromatic heterocycles. The highest BCUT2D eigenvalue weighted by Gasteiger charge is 2.39. The lowest BCUT2D eigenvalue weighted by Crippen LogP contribution is -2.33. The molecule has 4 rings (SSSR count). The van der Waals surface area contributed by atoms with Crippen LogP contribution in [-0.4, -0.2) is 59.6 Å². The van der Waals surface area contributed by atoms with Gasteiger partial charge in [0.1, 0.15) is 5.15 Å². The summed E-state index contributed by atoms with van der Waals surface area (Å²) in [6, 6.07) is 3.47. The minimum absolute atomic E-state index is 0.0485. The zero-order valence-corrected chi connectivity index (χ0v) is 15.6. The number of carbonyl (C=O) groups is 1. The SMILES string of the molecule is O=C(c1cnc(Cl)cc1Cl)N1C[C@@H]2CN(Cc3ccoc3)CCO[C@@H]2C1. The summed E-state index contributed by atoms with van der Waals surface area (Å²) >= 11 is 12.0. The molecular formula is C18H19Cl2N3O3. The first-order chi connectivity index (χ1) is 12.6. The van der Waals surface area contributed by atoms with E-state index in [4.69, 9.17) is 32.4 Å². The van der Waals surface area contributed by atoms with Crippen molar-refractivity contribution in [2.45, 2.75) is 12.6 Å². The lowest BCUT2D eigenvalue weighted by Gasteiger charge is -2.23. The van der Waals surface area contributed by atoms with Gasteiger partial charge in [0.2, 0.25) is 0 Å². The zero-order valence-electron chi connectivity index (χ0n) is 14.1. The van der Waals surface area contributed by atoms with Crippen LogP contribution in [0.3, 0.4) is 0 Å². The Labute approximate surface area is 161 Å². The second kappa shape index (κ2) is 7.56. The van der Waals surface area contributed by atoms with Crippen LogP contribution in [0.5, 0.6) is 0 Å². The van der Waals surface area contributed by atoms with Gasteiger partial charge in [0.15, 0.2) is 0 Å². The fourth-order valence-electron chi connectivity index (χ4n) is 3.65. The van der Waals surface area contributed by atoms with Crippen molar-refractivity contribution in [3.05, 3.63) is 52.2 Å². The van der Waals surface area contributed by atoms with Crippen molar-refractivity contribution in [1.82, 2.24) is 14.8 Å². The van der Waals surface area contributed by atoms with Gasteiger partial charge in [-0.05, 0) is 12.1 Å². The number of hydrogen-bond acceptors (Lipinski definition) is 5. The number of rotatable bonds is 3. The summed E-state index contributed by atoms with van der Waals surface area (Å²) in [6.07, 6.45) is 4.94. The van der Waals surface area contributed by atoms with Gasteiger partial charge in [-0.25, -0.2) is 4.98 Å². The Hall–Kier alpha value is -1.60. The van der Waals surface area contributed by atoms with E-state index in [0.717, 1.165) is 25.2 Å². The summed E-state index contributed by atoms with van der Waals surface area (Å²) in [5, 5.41) is 0.598. The fourth-order valence-corrected chi connectivity index (χ4v) is 4.09. The van der Waals surface area contributed by atoms with Gasteiger partial charge in [-0.3, -0.25) is 9.69 Å². The van der Waals surface area contributed by atoms with E-state index in [-0.39, 0.29) is 23.1 Å². The van der Waals surface area contributed by atoms with Gasteiger partial charge in [-0.2, -0.15) is 0 Å². The number of hydrogen-bond donors (Lipinski definition) is 0. The molecule has 2 aliphatic heterocycles. The second-order valence-corrected chi connectivity index (χ2v) is 7.53. The Bertz CT molecular complexity index is 784. The van der Waals surface area contributed by atoms with E-state index in [9.17, 15) is 4.79 Å². The third kappa shape index (κ3) is 3.74. The Balaban J connectivity index is 1.44. The number of likely N-dealkylation sites (tertiary alicyclic amines) is 1. The van der Waals surface area contributed by atoms with E-state index >= 15 is 0 Å². The molecule has 0 aliphatic carbocycles. The van der Waals surface area contributed by atoms with Crippen molar-refractivity contribution in [3.8, 4) is 0 Å². The molecule has 8 heteroatoms. The van der Waals surface area contributed by atoms with Crippen LogP contribution in [0.15, 0.2) is 35.3 Å². The van der Waals surface area contributed by atoms with Crippen LogP contribution in [0.1, 0.15) is 15.9 Å². The molecule has 2 saturated heterocycles. The number of ether oxygens (including phenoxy) is 1. The molecule has 2 aliphatic rings. The molecule has 6 nitrogen and oxygen atoms in total. The molecular weight excluding hydrogens is 377 g/mol. The Kier molecular flexibility index (Phi) is 5.18. The predicted molar refractivity (Wildman–Crippen MR) is 97.4 cm³/mol. The van der Waals surface area contributed by atoms with E-state index in [2.05, 4.69) is 9.88 Å². The molecule has 0 aromatic carbocycles. The lowest BCUT2D eigenvalue weighted by molar-refractivity contribution is 0.0483. The number of nitrogens with zero attached hydrogens (tertiary/aromatic N) is 3.